The lowest BCUT2D eigenvalue weighted by molar-refractivity contribution is -0.145. The van der Waals surface area contributed by atoms with Crippen molar-refractivity contribution in [2.45, 2.75) is 25.4 Å². The molecule has 1 aromatic rings. The maximum Gasteiger partial charge on any atom is 0.334 e. The molecule has 0 N–H and O–H groups in total. The standard InChI is InChI=1S/C15H16O5/c1-17-12-7-11(20-15(16)8-12)4-2-10-3-5-13-14(6-10)19-9-18-13/h3,5-6,8,11H,2,4,7,9H2,1H3/t11-/m0/s1. The van der Waals surface area contributed by atoms with Gasteiger partial charge >= 0.3 is 5.97 Å². The number of methoxy groups -OCH3 is 1. The summed E-state index contributed by atoms with van der Waals surface area (Å²) >= 11 is 0. The minimum absolute atomic E-state index is 0.132. The van der Waals surface area contributed by atoms with Crippen molar-refractivity contribution in [3.63, 3.8) is 0 Å². The van der Waals surface area contributed by atoms with Crippen LogP contribution in [0.4, 0.5) is 0 Å². The quantitative estimate of drug-likeness (QED) is 0.789. The van der Waals surface area contributed by atoms with Crippen LogP contribution in [0.2, 0.25) is 0 Å². The van der Waals surface area contributed by atoms with Gasteiger partial charge in [-0.3, -0.25) is 0 Å². The van der Waals surface area contributed by atoms with Crippen molar-refractivity contribution in [2.24, 2.45) is 0 Å². The largest absolute Gasteiger partial charge is 0.501 e. The first-order chi connectivity index (χ1) is 9.74. The van der Waals surface area contributed by atoms with E-state index in [2.05, 4.69) is 0 Å². The monoisotopic (exact) mass is 276 g/mol. The number of aryl methyl sites for hydroxylation is 1. The molecule has 106 valence electrons. The van der Waals surface area contributed by atoms with Crippen LogP contribution in [-0.2, 0) is 20.7 Å². The Morgan fingerprint density at radius 3 is 3.00 bits per heavy atom. The number of rotatable bonds is 4. The Morgan fingerprint density at radius 2 is 2.15 bits per heavy atom. The maximum atomic E-state index is 11.4. The summed E-state index contributed by atoms with van der Waals surface area (Å²) in [7, 11) is 1.57. The van der Waals surface area contributed by atoms with Crippen molar-refractivity contribution >= 4 is 5.97 Å². The molecule has 2 heterocycles. The number of cyclic esters (lactones) is 1. The van der Waals surface area contributed by atoms with E-state index in [0.29, 0.717) is 12.2 Å². The molecule has 0 saturated heterocycles. The van der Waals surface area contributed by atoms with Gasteiger partial charge in [0, 0.05) is 6.42 Å². The summed E-state index contributed by atoms with van der Waals surface area (Å²) in [5.41, 5.74) is 1.14. The fourth-order valence-corrected chi connectivity index (χ4v) is 2.38. The van der Waals surface area contributed by atoms with Gasteiger partial charge in [-0.15, -0.1) is 0 Å². The van der Waals surface area contributed by atoms with Crippen LogP contribution < -0.4 is 9.47 Å². The van der Waals surface area contributed by atoms with E-state index in [-0.39, 0.29) is 18.9 Å². The molecule has 0 unspecified atom stereocenters. The summed E-state index contributed by atoms with van der Waals surface area (Å²) in [4.78, 5) is 11.4. The fourth-order valence-electron chi connectivity index (χ4n) is 2.38. The predicted octanol–water partition coefficient (Wildman–Crippen LogP) is 2.19. The van der Waals surface area contributed by atoms with Gasteiger partial charge < -0.3 is 18.9 Å². The van der Waals surface area contributed by atoms with E-state index in [1.807, 2.05) is 18.2 Å². The molecule has 0 fully saturated rings. The summed E-state index contributed by atoms with van der Waals surface area (Å²) in [6.07, 6.45) is 3.47. The minimum atomic E-state index is -0.330. The number of hydrogen-bond donors (Lipinski definition) is 0. The number of benzene rings is 1. The topological polar surface area (TPSA) is 54.0 Å². The molecule has 1 atom stereocenters. The van der Waals surface area contributed by atoms with E-state index in [1.165, 1.54) is 6.08 Å². The minimum Gasteiger partial charge on any atom is -0.501 e. The first-order valence-corrected chi connectivity index (χ1v) is 6.58. The SMILES string of the molecule is COC1=CC(=O)O[C@@H](CCc2ccc3c(c2)OCO3)C1. The van der Waals surface area contributed by atoms with Crippen molar-refractivity contribution in [1.82, 2.24) is 0 Å². The highest BCUT2D eigenvalue weighted by Crippen LogP contribution is 2.33. The highest BCUT2D eigenvalue weighted by molar-refractivity contribution is 5.83. The van der Waals surface area contributed by atoms with E-state index in [9.17, 15) is 4.79 Å². The van der Waals surface area contributed by atoms with Crippen LogP contribution >= 0.6 is 0 Å². The third kappa shape index (κ3) is 2.71. The Bertz CT molecular complexity index is 549. The van der Waals surface area contributed by atoms with Crippen LogP contribution in [0.5, 0.6) is 11.5 Å². The molecule has 0 spiro atoms. The molecular formula is C15H16O5. The van der Waals surface area contributed by atoms with E-state index < -0.39 is 0 Å². The maximum absolute atomic E-state index is 11.4. The van der Waals surface area contributed by atoms with Crippen LogP contribution in [0.1, 0.15) is 18.4 Å². The first kappa shape index (κ1) is 12.8. The number of esters is 1. The second-order valence-electron chi connectivity index (χ2n) is 4.80. The molecule has 0 amide bonds. The van der Waals surface area contributed by atoms with Gasteiger partial charge in [-0.1, -0.05) is 6.07 Å². The fraction of sp³-hybridized carbons (Fsp3) is 0.400. The smallest absolute Gasteiger partial charge is 0.334 e. The second-order valence-corrected chi connectivity index (χ2v) is 4.80. The van der Waals surface area contributed by atoms with Crippen LogP contribution in [0, 0.1) is 0 Å². The van der Waals surface area contributed by atoms with E-state index in [1.54, 1.807) is 7.11 Å². The molecule has 5 nitrogen and oxygen atoms in total. The molecule has 0 aromatic heterocycles. The third-order valence-corrected chi connectivity index (χ3v) is 3.44. The normalized spacial score (nSPS) is 20.4. The summed E-state index contributed by atoms with van der Waals surface area (Å²) in [5.74, 6) is 1.91. The second kappa shape index (κ2) is 5.45. The molecule has 0 bridgehead atoms. The van der Waals surface area contributed by atoms with Crippen LogP contribution in [0.3, 0.4) is 0 Å². The van der Waals surface area contributed by atoms with Crippen molar-refractivity contribution in [2.75, 3.05) is 13.9 Å². The van der Waals surface area contributed by atoms with Crippen molar-refractivity contribution in [3.05, 3.63) is 35.6 Å². The van der Waals surface area contributed by atoms with Gasteiger partial charge in [0.2, 0.25) is 6.79 Å². The lowest BCUT2D eigenvalue weighted by Gasteiger charge is -2.22. The van der Waals surface area contributed by atoms with Crippen LogP contribution in [0.25, 0.3) is 0 Å². The molecule has 2 aliphatic rings. The lowest BCUT2D eigenvalue weighted by Crippen LogP contribution is -2.23. The molecule has 5 heteroatoms. The Hall–Kier alpha value is -2.17. The van der Waals surface area contributed by atoms with Gasteiger partial charge in [-0.05, 0) is 30.5 Å². The summed E-state index contributed by atoms with van der Waals surface area (Å²) in [6, 6.07) is 5.89. The Kier molecular flexibility index (Phi) is 3.50. The van der Waals surface area contributed by atoms with Gasteiger partial charge in [0.1, 0.15) is 11.9 Å². The number of ether oxygens (including phenoxy) is 4. The van der Waals surface area contributed by atoms with Gasteiger partial charge in [0.15, 0.2) is 11.5 Å². The highest BCUT2D eigenvalue weighted by Gasteiger charge is 2.22. The van der Waals surface area contributed by atoms with E-state index in [4.69, 9.17) is 18.9 Å². The predicted molar refractivity (Wildman–Crippen MR) is 70.5 cm³/mol. The van der Waals surface area contributed by atoms with Gasteiger partial charge in [-0.25, -0.2) is 4.79 Å². The number of carbonyl (C=O) groups excluding carboxylic acids is 1. The van der Waals surface area contributed by atoms with Gasteiger partial charge in [-0.2, -0.15) is 0 Å². The van der Waals surface area contributed by atoms with Crippen LogP contribution in [0.15, 0.2) is 30.0 Å². The highest BCUT2D eigenvalue weighted by atomic mass is 16.7. The lowest BCUT2D eigenvalue weighted by atomic mass is 10.0. The number of fused-ring (bicyclic) bond motifs is 1. The zero-order chi connectivity index (χ0) is 13.9. The molecule has 1 aromatic carbocycles. The summed E-state index contributed by atoms with van der Waals surface area (Å²) in [5, 5.41) is 0. The van der Waals surface area contributed by atoms with Gasteiger partial charge in [0.05, 0.1) is 13.2 Å². The zero-order valence-corrected chi connectivity index (χ0v) is 11.3. The third-order valence-electron chi connectivity index (χ3n) is 3.44. The Morgan fingerprint density at radius 1 is 1.30 bits per heavy atom. The molecular weight excluding hydrogens is 260 g/mol. The van der Waals surface area contributed by atoms with Crippen molar-refractivity contribution in [3.8, 4) is 11.5 Å². The molecule has 0 saturated carbocycles. The summed E-state index contributed by atoms with van der Waals surface area (Å²) < 4.78 is 21.0. The zero-order valence-electron chi connectivity index (χ0n) is 11.3. The Balaban J connectivity index is 1.60. The number of hydrogen-bond acceptors (Lipinski definition) is 5. The summed E-state index contributed by atoms with van der Waals surface area (Å²) in [6.45, 7) is 0.279. The molecule has 3 rings (SSSR count). The van der Waals surface area contributed by atoms with Crippen LogP contribution in [-0.4, -0.2) is 26.0 Å². The molecule has 0 radical (unpaired) electrons. The van der Waals surface area contributed by atoms with E-state index in [0.717, 1.165) is 29.9 Å². The van der Waals surface area contributed by atoms with Crippen molar-refractivity contribution in [1.29, 1.82) is 0 Å². The molecule has 20 heavy (non-hydrogen) atoms. The average molecular weight is 276 g/mol. The number of carbonyl (C=O) groups is 1. The Labute approximate surface area is 117 Å². The van der Waals surface area contributed by atoms with Crippen molar-refractivity contribution < 1.29 is 23.7 Å². The average Bonchev–Trinajstić information content (AvgIpc) is 2.92. The molecule has 2 aliphatic heterocycles. The van der Waals surface area contributed by atoms with Gasteiger partial charge in [0.25, 0.3) is 0 Å². The first-order valence-electron chi connectivity index (χ1n) is 6.58. The molecule has 0 aliphatic carbocycles. The van der Waals surface area contributed by atoms with E-state index >= 15 is 0 Å².